The van der Waals surface area contributed by atoms with Gasteiger partial charge in [0.2, 0.25) is 0 Å². The van der Waals surface area contributed by atoms with Gasteiger partial charge in [0, 0.05) is 6.04 Å². The summed E-state index contributed by atoms with van der Waals surface area (Å²) in [7, 11) is 2.21. The van der Waals surface area contributed by atoms with Gasteiger partial charge in [-0.15, -0.1) is 0 Å². The van der Waals surface area contributed by atoms with Crippen LogP contribution in [0, 0.1) is 5.92 Å². The maximum Gasteiger partial charge on any atom is 0.0385 e. The molecular formula is C13H20N2. The van der Waals surface area contributed by atoms with Crippen LogP contribution in [-0.2, 0) is 0 Å². The van der Waals surface area contributed by atoms with Gasteiger partial charge >= 0.3 is 0 Å². The van der Waals surface area contributed by atoms with E-state index in [0.717, 1.165) is 6.54 Å². The van der Waals surface area contributed by atoms with E-state index in [1.165, 1.54) is 24.9 Å². The van der Waals surface area contributed by atoms with Crippen molar-refractivity contribution in [3.8, 4) is 0 Å². The number of piperidine rings is 1. The lowest BCUT2D eigenvalue weighted by Gasteiger charge is -2.39. The van der Waals surface area contributed by atoms with Gasteiger partial charge in [-0.05, 0) is 44.5 Å². The first-order valence-corrected chi connectivity index (χ1v) is 5.78. The van der Waals surface area contributed by atoms with Crippen LogP contribution in [0.3, 0.4) is 0 Å². The number of benzene rings is 1. The third kappa shape index (κ3) is 2.21. The van der Waals surface area contributed by atoms with Crippen LogP contribution in [0.4, 0.5) is 0 Å². The molecule has 1 heterocycles. The molecular weight excluding hydrogens is 184 g/mol. The summed E-state index contributed by atoms with van der Waals surface area (Å²) in [6.45, 7) is 1.99. The molecule has 1 fully saturated rings. The standard InChI is InChI=1S/C13H20N2/c1-15-9-5-8-12(10-14)13(15)11-6-3-2-4-7-11/h2-4,6-7,12-13H,5,8-10,14H2,1H3/t12-,13+/m1/s1. The Morgan fingerprint density at radius 2 is 2.07 bits per heavy atom. The lowest BCUT2D eigenvalue weighted by molar-refractivity contribution is 0.125. The minimum absolute atomic E-state index is 0.518. The normalized spacial score (nSPS) is 27.9. The summed E-state index contributed by atoms with van der Waals surface area (Å²) in [6, 6.07) is 11.3. The van der Waals surface area contributed by atoms with Gasteiger partial charge in [-0.1, -0.05) is 30.3 Å². The van der Waals surface area contributed by atoms with Crippen LogP contribution in [0.1, 0.15) is 24.4 Å². The van der Waals surface area contributed by atoms with Crippen molar-refractivity contribution in [1.82, 2.24) is 4.90 Å². The third-order valence-corrected chi connectivity index (χ3v) is 3.45. The highest BCUT2D eigenvalue weighted by Crippen LogP contribution is 2.33. The van der Waals surface area contributed by atoms with Crippen molar-refractivity contribution in [3.63, 3.8) is 0 Å². The van der Waals surface area contributed by atoms with Gasteiger partial charge in [0.15, 0.2) is 0 Å². The van der Waals surface area contributed by atoms with Crippen LogP contribution in [0.5, 0.6) is 0 Å². The Kier molecular flexibility index (Phi) is 3.39. The fourth-order valence-electron chi connectivity index (χ4n) is 2.68. The summed E-state index contributed by atoms with van der Waals surface area (Å²) in [5.74, 6) is 0.617. The van der Waals surface area contributed by atoms with E-state index >= 15 is 0 Å². The van der Waals surface area contributed by atoms with Gasteiger partial charge < -0.3 is 5.73 Å². The molecule has 2 rings (SSSR count). The van der Waals surface area contributed by atoms with Crippen molar-refractivity contribution in [1.29, 1.82) is 0 Å². The zero-order valence-electron chi connectivity index (χ0n) is 9.39. The van der Waals surface area contributed by atoms with E-state index in [1.807, 2.05) is 0 Å². The number of likely N-dealkylation sites (tertiary alicyclic amines) is 1. The van der Waals surface area contributed by atoms with E-state index in [-0.39, 0.29) is 0 Å². The zero-order chi connectivity index (χ0) is 10.7. The van der Waals surface area contributed by atoms with Crippen molar-refractivity contribution in [3.05, 3.63) is 35.9 Å². The van der Waals surface area contributed by atoms with E-state index in [0.29, 0.717) is 12.0 Å². The molecule has 2 heteroatoms. The SMILES string of the molecule is CN1CCC[C@H](CN)[C@@H]1c1ccccc1. The molecule has 1 aromatic rings. The summed E-state index contributed by atoms with van der Waals surface area (Å²) >= 11 is 0. The molecule has 82 valence electrons. The number of hydrogen-bond acceptors (Lipinski definition) is 2. The van der Waals surface area contributed by atoms with E-state index in [1.54, 1.807) is 0 Å². The third-order valence-electron chi connectivity index (χ3n) is 3.45. The monoisotopic (exact) mass is 204 g/mol. The number of nitrogens with zero attached hydrogens (tertiary/aromatic N) is 1. The molecule has 15 heavy (non-hydrogen) atoms. The summed E-state index contributed by atoms with van der Waals surface area (Å²) in [6.07, 6.45) is 2.54. The molecule has 0 saturated carbocycles. The molecule has 0 spiro atoms. The largest absolute Gasteiger partial charge is 0.330 e. The Balaban J connectivity index is 2.23. The maximum absolute atomic E-state index is 5.87. The van der Waals surface area contributed by atoms with Crippen LogP contribution in [0.2, 0.25) is 0 Å². The molecule has 1 aromatic carbocycles. The van der Waals surface area contributed by atoms with E-state index < -0.39 is 0 Å². The highest BCUT2D eigenvalue weighted by atomic mass is 15.1. The first-order chi connectivity index (χ1) is 7.33. The average Bonchev–Trinajstić information content (AvgIpc) is 2.29. The van der Waals surface area contributed by atoms with Crippen molar-refractivity contribution in [2.45, 2.75) is 18.9 Å². The van der Waals surface area contributed by atoms with Crippen molar-refractivity contribution >= 4 is 0 Å². The Bertz CT molecular complexity index is 297. The van der Waals surface area contributed by atoms with Gasteiger partial charge in [0.1, 0.15) is 0 Å². The van der Waals surface area contributed by atoms with Crippen molar-refractivity contribution < 1.29 is 0 Å². The fourth-order valence-corrected chi connectivity index (χ4v) is 2.68. The summed E-state index contributed by atoms with van der Waals surface area (Å²) in [4.78, 5) is 2.44. The van der Waals surface area contributed by atoms with E-state index in [2.05, 4.69) is 42.3 Å². The minimum atomic E-state index is 0.518. The Morgan fingerprint density at radius 3 is 2.73 bits per heavy atom. The van der Waals surface area contributed by atoms with Crippen molar-refractivity contribution in [2.75, 3.05) is 20.1 Å². The van der Waals surface area contributed by atoms with Gasteiger partial charge in [0.05, 0.1) is 0 Å². The Morgan fingerprint density at radius 1 is 1.33 bits per heavy atom. The second kappa shape index (κ2) is 4.77. The number of rotatable bonds is 2. The second-order valence-electron chi connectivity index (χ2n) is 4.47. The smallest absolute Gasteiger partial charge is 0.0385 e. The fraction of sp³-hybridized carbons (Fsp3) is 0.538. The van der Waals surface area contributed by atoms with Crippen LogP contribution in [-0.4, -0.2) is 25.0 Å². The van der Waals surface area contributed by atoms with Gasteiger partial charge in [-0.2, -0.15) is 0 Å². The topological polar surface area (TPSA) is 29.3 Å². The molecule has 0 radical (unpaired) electrons. The molecule has 2 N–H and O–H groups in total. The highest BCUT2D eigenvalue weighted by molar-refractivity contribution is 5.20. The molecule has 1 aliphatic heterocycles. The molecule has 0 unspecified atom stereocenters. The molecule has 0 bridgehead atoms. The maximum atomic E-state index is 5.87. The molecule has 1 saturated heterocycles. The van der Waals surface area contributed by atoms with Gasteiger partial charge in [-0.25, -0.2) is 0 Å². The molecule has 0 amide bonds. The van der Waals surface area contributed by atoms with Crippen LogP contribution < -0.4 is 5.73 Å². The summed E-state index contributed by atoms with van der Waals surface area (Å²) in [5.41, 5.74) is 7.28. The van der Waals surface area contributed by atoms with Gasteiger partial charge in [-0.3, -0.25) is 4.90 Å². The van der Waals surface area contributed by atoms with E-state index in [9.17, 15) is 0 Å². The first-order valence-electron chi connectivity index (χ1n) is 5.78. The van der Waals surface area contributed by atoms with E-state index in [4.69, 9.17) is 5.73 Å². The number of nitrogens with two attached hydrogens (primary N) is 1. The highest BCUT2D eigenvalue weighted by Gasteiger charge is 2.28. The molecule has 2 nitrogen and oxygen atoms in total. The quantitative estimate of drug-likeness (QED) is 0.798. The summed E-state index contributed by atoms with van der Waals surface area (Å²) in [5, 5.41) is 0. The van der Waals surface area contributed by atoms with Gasteiger partial charge in [0.25, 0.3) is 0 Å². The second-order valence-corrected chi connectivity index (χ2v) is 4.47. The predicted octanol–water partition coefficient (Wildman–Crippen LogP) is 2.03. The molecule has 1 aliphatic rings. The molecule has 2 atom stereocenters. The Hall–Kier alpha value is -0.860. The van der Waals surface area contributed by atoms with Crippen LogP contribution >= 0.6 is 0 Å². The van der Waals surface area contributed by atoms with Crippen molar-refractivity contribution in [2.24, 2.45) is 11.7 Å². The molecule has 0 aliphatic carbocycles. The Labute approximate surface area is 92.1 Å². The average molecular weight is 204 g/mol. The predicted molar refractivity (Wildman–Crippen MR) is 63.6 cm³/mol. The lowest BCUT2D eigenvalue weighted by atomic mass is 9.85. The minimum Gasteiger partial charge on any atom is -0.330 e. The first kappa shape index (κ1) is 10.7. The number of hydrogen-bond donors (Lipinski definition) is 1. The molecule has 0 aromatic heterocycles. The lowest BCUT2D eigenvalue weighted by Crippen LogP contribution is -2.39. The zero-order valence-corrected chi connectivity index (χ0v) is 9.39. The van der Waals surface area contributed by atoms with Crippen LogP contribution in [0.25, 0.3) is 0 Å². The summed E-state index contributed by atoms with van der Waals surface area (Å²) < 4.78 is 0. The van der Waals surface area contributed by atoms with Crippen LogP contribution in [0.15, 0.2) is 30.3 Å².